The minimum atomic E-state index is 1.13. The van der Waals surface area contributed by atoms with E-state index in [2.05, 4.69) is 155 Å². The lowest BCUT2D eigenvalue weighted by molar-refractivity contribution is 1.26. The maximum absolute atomic E-state index is 3.79. The lowest BCUT2D eigenvalue weighted by Gasteiger charge is -2.29. The first kappa shape index (κ1) is 22.1. The quantitative estimate of drug-likeness (QED) is 0.202. The highest BCUT2D eigenvalue weighted by atomic mass is 79.9. The second-order valence-corrected chi connectivity index (χ2v) is 10.4. The second kappa shape index (κ2) is 8.76. The Morgan fingerprint density at radius 2 is 1.14 bits per heavy atom. The monoisotopic (exact) mass is 537 g/mol. The lowest BCUT2D eigenvalue weighted by atomic mass is 9.92. The number of aryl methyl sites for hydroxylation is 1. The third-order valence-corrected chi connectivity index (χ3v) is 8.09. The molecule has 0 saturated heterocycles. The molecule has 0 saturated carbocycles. The summed E-state index contributed by atoms with van der Waals surface area (Å²) < 4.78 is 1.13. The van der Waals surface area contributed by atoms with E-state index in [-0.39, 0.29) is 0 Å². The van der Waals surface area contributed by atoms with Crippen LogP contribution in [0.3, 0.4) is 0 Å². The molecule has 0 N–H and O–H groups in total. The zero-order valence-corrected chi connectivity index (χ0v) is 22.0. The predicted octanol–water partition coefficient (Wildman–Crippen LogP) is 10.8. The lowest BCUT2D eigenvalue weighted by Crippen LogP contribution is -2.12. The number of hydrogen-bond acceptors (Lipinski definition) is 1. The van der Waals surface area contributed by atoms with Gasteiger partial charge in [0, 0.05) is 21.2 Å². The molecule has 7 rings (SSSR count). The number of anilines is 3. The van der Waals surface area contributed by atoms with Crippen molar-refractivity contribution in [1.82, 2.24) is 0 Å². The van der Waals surface area contributed by atoms with Crippen molar-refractivity contribution in [3.8, 4) is 11.1 Å². The van der Waals surface area contributed by atoms with Crippen molar-refractivity contribution in [1.29, 1.82) is 0 Å². The Labute approximate surface area is 225 Å². The number of rotatable bonds is 4. The number of para-hydroxylation sites is 1. The average molecular weight is 538 g/mol. The first-order valence-electron chi connectivity index (χ1n) is 12.6. The van der Waals surface area contributed by atoms with E-state index in [0.29, 0.717) is 0 Å². The fourth-order valence-electron chi connectivity index (χ4n) is 5.59. The van der Waals surface area contributed by atoms with Crippen LogP contribution in [0.2, 0.25) is 0 Å². The summed E-state index contributed by atoms with van der Waals surface area (Å²) in [5, 5.41) is 7.66. The van der Waals surface area contributed by atoms with Gasteiger partial charge in [-0.25, -0.2) is 0 Å². The molecular formula is C35H24BrN. The van der Waals surface area contributed by atoms with E-state index in [1.807, 2.05) is 0 Å². The Bertz CT molecular complexity index is 1890. The molecule has 0 aromatic heterocycles. The third-order valence-electron chi connectivity index (χ3n) is 7.40. The zero-order valence-electron chi connectivity index (χ0n) is 20.4. The van der Waals surface area contributed by atoms with Crippen LogP contribution in [0.5, 0.6) is 0 Å². The molecular weight excluding hydrogens is 514 g/mol. The zero-order chi connectivity index (χ0) is 24.9. The van der Waals surface area contributed by atoms with Gasteiger partial charge in [-0.15, -0.1) is 0 Å². The Morgan fingerprint density at radius 1 is 0.514 bits per heavy atom. The molecule has 0 aliphatic rings. The maximum atomic E-state index is 3.79. The van der Waals surface area contributed by atoms with E-state index in [9.17, 15) is 0 Å². The van der Waals surface area contributed by atoms with Gasteiger partial charge in [0.2, 0.25) is 0 Å². The van der Waals surface area contributed by atoms with Crippen molar-refractivity contribution in [2.45, 2.75) is 6.92 Å². The number of nitrogens with zero attached hydrogens (tertiary/aromatic N) is 1. The highest BCUT2D eigenvalue weighted by Crippen LogP contribution is 2.46. The highest BCUT2D eigenvalue weighted by molar-refractivity contribution is 9.10. The molecule has 0 atom stereocenters. The van der Waals surface area contributed by atoms with Gasteiger partial charge in [0.25, 0.3) is 0 Å². The molecule has 1 nitrogen and oxygen atoms in total. The minimum absolute atomic E-state index is 1.13. The van der Waals surface area contributed by atoms with E-state index < -0.39 is 0 Å². The van der Waals surface area contributed by atoms with Crippen LogP contribution < -0.4 is 4.90 Å². The molecule has 0 radical (unpaired) electrons. The van der Waals surface area contributed by atoms with E-state index in [1.54, 1.807) is 0 Å². The first-order valence-corrected chi connectivity index (χ1v) is 13.4. The van der Waals surface area contributed by atoms with Crippen molar-refractivity contribution in [3.05, 3.63) is 137 Å². The van der Waals surface area contributed by atoms with Crippen LogP contribution in [-0.2, 0) is 0 Å². The number of hydrogen-bond donors (Lipinski definition) is 0. The van der Waals surface area contributed by atoms with Crippen LogP contribution in [0.1, 0.15) is 5.56 Å². The average Bonchev–Trinajstić information content (AvgIpc) is 2.95. The van der Waals surface area contributed by atoms with Crippen molar-refractivity contribution in [3.63, 3.8) is 0 Å². The van der Waals surface area contributed by atoms with E-state index >= 15 is 0 Å². The van der Waals surface area contributed by atoms with Crippen molar-refractivity contribution >= 4 is 65.3 Å². The van der Waals surface area contributed by atoms with E-state index in [4.69, 9.17) is 0 Å². The Kier molecular flexibility index (Phi) is 5.23. The maximum Gasteiger partial charge on any atom is 0.0540 e. The molecule has 0 amide bonds. The fourth-order valence-corrected chi connectivity index (χ4v) is 6.05. The summed E-state index contributed by atoms with van der Waals surface area (Å²) in [7, 11) is 0. The standard InChI is InChI=1S/C35H24BrN/c1-23-12-13-27(24-8-4-2-5-9-24)22-33(23)37(28-10-6-3-7-11-28)32-21-17-26-14-18-29-31(36)20-16-25-15-19-30(32)35(26)34(25)29/h2-22H,1H3. The topological polar surface area (TPSA) is 3.24 Å². The summed E-state index contributed by atoms with van der Waals surface area (Å²) in [6.07, 6.45) is 0. The normalized spacial score (nSPS) is 11.5. The number of halogens is 1. The summed E-state index contributed by atoms with van der Waals surface area (Å²) in [6.45, 7) is 2.20. The Morgan fingerprint density at radius 3 is 1.89 bits per heavy atom. The van der Waals surface area contributed by atoms with Gasteiger partial charge < -0.3 is 4.90 Å². The molecule has 176 valence electrons. The van der Waals surface area contributed by atoms with Gasteiger partial charge in [0.05, 0.1) is 5.69 Å². The van der Waals surface area contributed by atoms with Gasteiger partial charge in [-0.1, -0.05) is 113 Å². The van der Waals surface area contributed by atoms with Gasteiger partial charge in [-0.05, 0) is 80.9 Å². The van der Waals surface area contributed by atoms with Gasteiger partial charge in [0.15, 0.2) is 0 Å². The van der Waals surface area contributed by atoms with Gasteiger partial charge in [-0.2, -0.15) is 0 Å². The Balaban J connectivity index is 1.55. The number of benzene rings is 7. The van der Waals surface area contributed by atoms with E-state index in [0.717, 1.165) is 10.2 Å². The van der Waals surface area contributed by atoms with Crippen LogP contribution in [0.25, 0.3) is 43.4 Å². The van der Waals surface area contributed by atoms with Gasteiger partial charge >= 0.3 is 0 Å². The Hall–Kier alpha value is -4.14. The van der Waals surface area contributed by atoms with Gasteiger partial charge in [0.1, 0.15) is 0 Å². The largest absolute Gasteiger partial charge is 0.310 e. The van der Waals surface area contributed by atoms with Gasteiger partial charge in [-0.3, -0.25) is 0 Å². The molecule has 0 aliphatic carbocycles. The first-order chi connectivity index (χ1) is 18.2. The molecule has 2 heteroatoms. The second-order valence-electron chi connectivity index (χ2n) is 9.59. The highest BCUT2D eigenvalue weighted by Gasteiger charge is 2.20. The molecule has 0 fully saturated rings. The van der Waals surface area contributed by atoms with Crippen LogP contribution in [0, 0.1) is 6.92 Å². The summed E-state index contributed by atoms with van der Waals surface area (Å²) >= 11 is 3.79. The summed E-state index contributed by atoms with van der Waals surface area (Å²) in [6, 6.07) is 46.0. The van der Waals surface area contributed by atoms with Crippen LogP contribution in [-0.4, -0.2) is 0 Å². The predicted molar refractivity (Wildman–Crippen MR) is 163 cm³/mol. The molecule has 0 aliphatic heterocycles. The molecule has 0 unspecified atom stereocenters. The molecule has 0 heterocycles. The summed E-state index contributed by atoms with van der Waals surface area (Å²) in [4.78, 5) is 2.42. The molecule has 7 aromatic rings. The summed E-state index contributed by atoms with van der Waals surface area (Å²) in [5.74, 6) is 0. The minimum Gasteiger partial charge on any atom is -0.310 e. The van der Waals surface area contributed by atoms with Crippen LogP contribution >= 0.6 is 15.9 Å². The van der Waals surface area contributed by atoms with Crippen molar-refractivity contribution in [2.75, 3.05) is 4.90 Å². The fraction of sp³-hybridized carbons (Fsp3) is 0.0286. The third kappa shape index (κ3) is 3.60. The SMILES string of the molecule is Cc1ccc(-c2ccccc2)cc1N(c1ccccc1)c1ccc2ccc3c(Br)ccc4ccc1c2c43. The molecule has 0 spiro atoms. The summed E-state index contributed by atoms with van der Waals surface area (Å²) in [5.41, 5.74) is 7.18. The van der Waals surface area contributed by atoms with Crippen molar-refractivity contribution in [2.24, 2.45) is 0 Å². The smallest absolute Gasteiger partial charge is 0.0540 e. The molecule has 37 heavy (non-hydrogen) atoms. The van der Waals surface area contributed by atoms with Crippen LogP contribution in [0.4, 0.5) is 17.1 Å². The van der Waals surface area contributed by atoms with Crippen molar-refractivity contribution < 1.29 is 0 Å². The molecule has 7 aromatic carbocycles. The van der Waals surface area contributed by atoms with E-state index in [1.165, 1.54) is 60.4 Å². The molecule has 0 bridgehead atoms. The van der Waals surface area contributed by atoms with Crippen LogP contribution in [0.15, 0.2) is 132 Å².